The Morgan fingerprint density at radius 2 is 1.69 bits per heavy atom. The average Bonchev–Trinajstić information content (AvgIpc) is 2.73. The Kier molecular flexibility index (Phi) is 3.81. The van der Waals surface area contributed by atoms with Crippen LogP contribution in [0.3, 0.4) is 0 Å². The van der Waals surface area contributed by atoms with Gasteiger partial charge in [-0.3, -0.25) is 0 Å². The quantitative estimate of drug-likeness (QED) is 0.670. The average molecular weight is 232 g/mol. The summed E-state index contributed by atoms with van der Waals surface area (Å²) in [5.74, 6) is -0.441. The van der Waals surface area contributed by atoms with Crippen molar-refractivity contribution in [3.05, 3.63) is 0 Å². The minimum Gasteiger partial charge on any atom is -0.394 e. The molecule has 0 aromatic rings. The minimum atomic E-state index is -0.782. The second-order valence-electron chi connectivity index (χ2n) is 4.61. The third-order valence-corrected chi connectivity index (χ3v) is 3.36. The van der Waals surface area contributed by atoms with Crippen molar-refractivity contribution >= 4 is 0 Å². The first-order chi connectivity index (χ1) is 7.68. The lowest BCUT2D eigenvalue weighted by atomic mass is 9.82. The van der Waals surface area contributed by atoms with Gasteiger partial charge in [0.05, 0.1) is 38.6 Å². The lowest BCUT2D eigenvalue weighted by molar-refractivity contribution is -0.209. The van der Waals surface area contributed by atoms with Gasteiger partial charge in [-0.2, -0.15) is 0 Å². The Balaban J connectivity index is 1.78. The van der Waals surface area contributed by atoms with Crippen LogP contribution in [0.5, 0.6) is 0 Å². The zero-order chi connectivity index (χ0) is 11.5. The van der Waals surface area contributed by atoms with Gasteiger partial charge in [0.25, 0.3) is 0 Å². The van der Waals surface area contributed by atoms with Gasteiger partial charge < -0.3 is 24.4 Å². The molecule has 0 amide bonds. The Hall–Kier alpha value is -0.200. The molecule has 1 heterocycles. The normalized spacial score (nSPS) is 27.4. The van der Waals surface area contributed by atoms with Crippen LogP contribution in [0.15, 0.2) is 0 Å². The molecule has 2 aliphatic rings. The van der Waals surface area contributed by atoms with E-state index in [0.717, 1.165) is 0 Å². The predicted molar refractivity (Wildman–Crippen MR) is 56.0 cm³/mol. The van der Waals surface area contributed by atoms with Gasteiger partial charge in [0.2, 0.25) is 0 Å². The molecule has 94 valence electrons. The van der Waals surface area contributed by atoms with Crippen molar-refractivity contribution in [1.29, 1.82) is 0 Å². The predicted octanol–water partition coefficient (Wildman–Crippen LogP) is 0.0435. The molecule has 0 atom stereocenters. The third-order valence-electron chi connectivity index (χ3n) is 3.36. The van der Waals surface area contributed by atoms with Gasteiger partial charge in [0.15, 0.2) is 5.79 Å². The maximum atomic E-state index is 10.2. The summed E-state index contributed by atoms with van der Waals surface area (Å²) >= 11 is 0. The number of hydrogen-bond acceptors (Lipinski definition) is 5. The molecule has 1 aliphatic carbocycles. The lowest BCUT2D eigenvalue weighted by Gasteiger charge is -2.40. The molecule has 1 spiro atoms. The molecule has 0 aromatic heterocycles. The zero-order valence-corrected chi connectivity index (χ0v) is 9.48. The highest BCUT2D eigenvalue weighted by molar-refractivity contribution is 4.91. The van der Waals surface area contributed by atoms with Gasteiger partial charge in [-0.1, -0.05) is 0 Å². The number of rotatable bonds is 4. The monoisotopic (exact) mass is 232 g/mol. The van der Waals surface area contributed by atoms with Gasteiger partial charge in [-0.25, -0.2) is 0 Å². The van der Waals surface area contributed by atoms with E-state index in [0.29, 0.717) is 38.9 Å². The molecular formula is C11H20O5. The van der Waals surface area contributed by atoms with Crippen molar-refractivity contribution in [2.45, 2.75) is 37.1 Å². The van der Waals surface area contributed by atoms with Crippen LogP contribution in [-0.2, 0) is 14.2 Å². The summed E-state index contributed by atoms with van der Waals surface area (Å²) in [6.07, 6.45) is 2.68. The van der Waals surface area contributed by atoms with E-state index in [9.17, 15) is 5.11 Å². The highest BCUT2D eigenvalue weighted by Gasteiger charge is 2.45. The summed E-state index contributed by atoms with van der Waals surface area (Å²) in [6, 6.07) is 0. The van der Waals surface area contributed by atoms with Crippen molar-refractivity contribution in [3.63, 3.8) is 0 Å². The van der Waals surface area contributed by atoms with Crippen LogP contribution in [0.1, 0.15) is 25.7 Å². The fourth-order valence-electron chi connectivity index (χ4n) is 2.35. The van der Waals surface area contributed by atoms with Crippen molar-refractivity contribution in [1.82, 2.24) is 0 Å². The first kappa shape index (κ1) is 12.3. The molecule has 1 aliphatic heterocycles. The molecule has 2 fully saturated rings. The molecule has 1 saturated heterocycles. The third kappa shape index (κ3) is 2.73. The van der Waals surface area contributed by atoms with Crippen molar-refractivity contribution < 1.29 is 24.4 Å². The van der Waals surface area contributed by atoms with Gasteiger partial charge in [-0.05, 0) is 12.8 Å². The zero-order valence-electron chi connectivity index (χ0n) is 9.48. The van der Waals surface area contributed by atoms with E-state index < -0.39 is 11.4 Å². The summed E-state index contributed by atoms with van der Waals surface area (Å²) in [4.78, 5) is 0. The molecule has 16 heavy (non-hydrogen) atoms. The van der Waals surface area contributed by atoms with E-state index in [1.165, 1.54) is 0 Å². The maximum absolute atomic E-state index is 10.2. The second-order valence-corrected chi connectivity index (χ2v) is 4.61. The topological polar surface area (TPSA) is 68.2 Å². The second kappa shape index (κ2) is 4.98. The SMILES string of the molecule is OCCOCC1(O)CCC2(CC1)OCCO2. The minimum absolute atomic E-state index is 0.00770. The van der Waals surface area contributed by atoms with Crippen LogP contribution < -0.4 is 0 Å². The van der Waals surface area contributed by atoms with E-state index >= 15 is 0 Å². The number of aliphatic hydroxyl groups excluding tert-OH is 1. The summed E-state index contributed by atoms with van der Waals surface area (Å²) < 4.78 is 16.4. The first-order valence-electron chi connectivity index (χ1n) is 5.87. The van der Waals surface area contributed by atoms with Crippen LogP contribution in [-0.4, -0.2) is 54.6 Å². The Morgan fingerprint density at radius 1 is 1.06 bits per heavy atom. The van der Waals surface area contributed by atoms with Crippen molar-refractivity contribution in [2.24, 2.45) is 0 Å². The standard InChI is InChI=1S/C11H20O5/c12-5-6-14-9-10(13)1-3-11(4-2-10)15-7-8-16-11/h12-13H,1-9H2. The van der Waals surface area contributed by atoms with Crippen molar-refractivity contribution in [2.75, 3.05) is 33.0 Å². The summed E-state index contributed by atoms with van der Waals surface area (Å²) in [5, 5.41) is 18.8. The summed E-state index contributed by atoms with van der Waals surface area (Å²) in [7, 11) is 0. The summed E-state index contributed by atoms with van der Waals surface area (Å²) in [5.41, 5.74) is -0.782. The van der Waals surface area contributed by atoms with Crippen LogP contribution in [0.2, 0.25) is 0 Å². The van der Waals surface area contributed by atoms with Gasteiger partial charge in [0, 0.05) is 12.8 Å². The largest absolute Gasteiger partial charge is 0.394 e. The van der Waals surface area contributed by atoms with E-state index in [1.807, 2.05) is 0 Å². The van der Waals surface area contributed by atoms with Gasteiger partial charge in [-0.15, -0.1) is 0 Å². The van der Waals surface area contributed by atoms with Gasteiger partial charge in [0.1, 0.15) is 0 Å². The highest BCUT2D eigenvalue weighted by atomic mass is 16.7. The molecule has 5 nitrogen and oxygen atoms in total. The highest BCUT2D eigenvalue weighted by Crippen LogP contribution is 2.40. The smallest absolute Gasteiger partial charge is 0.168 e. The van der Waals surface area contributed by atoms with Crippen LogP contribution in [0.25, 0.3) is 0 Å². The molecule has 0 radical (unpaired) electrons. The van der Waals surface area contributed by atoms with Crippen LogP contribution in [0, 0.1) is 0 Å². The molecular weight excluding hydrogens is 212 g/mol. The van der Waals surface area contributed by atoms with Crippen LogP contribution in [0.4, 0.5) is 0 Å². The van der Waals surface area contributed by atoms with Gasteiger partial charge >= 0.3 is 0 Å². The molecule has 0 bridgehead atoms. The molecule has 0 unspecified atom stereocenters. The molecule has 1 saturated carbocycles. The van der Waals surface area contributed by atoms with Crippen LogP contribution >= 0.6 is 0 Å². The molecule has 2 N–H and O–H groups in total. The molecule has 5 heteroatoms. The Morgan fingerprint density at radius 3 is 2.25 bits per heavy atom. The number of ether oxygens (including phenoxy) is 3. The molecule has 2 rings (SSSR count). The fourth-order valence-corrected chi connectivity index (χ4v) is 2.35. The van der Waals surface area contributed by atoms with E-state index in [-0.39, 0.29) is 19.8 Å². The summed E-state index contributed by atoms with van der Waals surface area (Å²) in [6.45, 7) is 1.86. The lowest BCUT2D eigenvalue weighted by Crippen LogP contribution is -2.46. The number of hydrogen-bond donors (Lipinski definition) is 2. The Bertz CT molecular complexity index is 214. The van der Waals surface area contributed by atoms with E-state index in [2.05, 4.69) is 0 Å². The maximum Gasteiger partial charge on any atom is 0.168 e. The van der Waals surface area contributed by atoms with Crippen molar-refractivity contribution in [3.8, 4) is 0 Å². The van der Waals surface area contributed by atoms with E-state index in [1.54, 1.807) is 0 Å². The number of aliphatic hydroxyl groups is 2. The first-order valence-corrected chi connectivity index (χ1v) is 5.87. The van der Waals surface area contributed by atoms with E-state index in [4.69, 9.17) is 19.3 Å². The molecule has 0 aromatic carbocycles. The Labute approximate surface area is 95.3 Å². The fraction of sp³-hybridized carbons (Fsp3) is 1.00.